The van der Waals surface area contributed by atoms with Gasteiger partial charge in [-0.3, -0.25) is 19.4 Å². The molecule has 2 aliphatic rings. The number of likely N-dealkylation sites (N-methyl/N-ethyl adjacent to an activating group) is 1. The second-order valence-electron chi connectivity index (χ2n) is 6.91. The quantitative estimate of drug-likeness (QED) is 0.738. The molecule has 6 nitrogen and oxygen atoms in total. The van der Waals surface area contributed by atoms with Crippen LogP contribution in [0.2, 0.25) is 0 Å². The van der Waals surface area contributed by atoms with Crippen molar-refractivity contribution in [2.75, 3.05) is 26.2 Å². The molecule has 1 aliphatic heterocycles. The van der Waals surface area contributed by atoms with E-state index >= 15 is 0 Å². The van der Waals surface area contributed by atoms with Crippen LogP contribution in [0.3, 0.4) is 0 Å². The number of carbonyl (C=O) groups excluding carboxylic acids is 1. The number of carboxylic acid groups (broad SMARTS) is 1. The summed E-state index contributed by atoms with van der Waals surface area (Å²) in [4.78, 5) is 27.5. The van der Waals surface area contributed by atoms with Gasteiger partial charge in [0, 0.05) is 12.1 Å². The first-order valence-electron chi connectivity index (χ1n) is 9.01. The van der Waals surface area contributed by atoms with E-state index in [-0.39, 0.29) is 30.6 Å². The molecule has 0 spiro atoms. The van der Waals surface area contributed by atoms with E-state index < -0.39 is 5.97 Å². The molecule has 0 radical (unpaired) electrons. The van der Waals surface area contributed by atoms with Crippen LogP contribution in [0, 0.1) is 0 Å². The van der Waals surface area contributed by atoms with E-state index in [2.05, 4.69) is 10.2 Å². The minimum Gasteiger partial charge on any atom is -0.480 e. The predicted molar refractivity (Wildman–Crippen MR) is 89.3 cm³/mol. The Morgan fingerprint density at radius 1 is 1.22 bits per heavy atom. The summed E-state index contributed by atoms with van der Waals surface area (Å²) in [6, 6.07) is 0.424. The Labute approximate surface area is 139 Å². The minimum atomic E-state index is -0.783. The third-order valence-corrected chi connectivity index (χ3v) is 5.29. The fourth-order valence-electron chi connectivity index (χ4n) is 3.65. The third-order valence-electron chi connectivity index (χ3n) is 5.29. The molecule has 6 heteroatoms. The van der Waals surface area contributed by atoms with Crippen molar-refractivity contribution in [2.45, 2.75) is 70.5 Å². The summed E-state index contributed by atoms with van der Waals surface area (Å²) in [5.74, 6) is -0.661. The number of hydrogen-bond acceptors (Lipinski definition) is 4. The number of aliphatic carboxylic acids is 1. The molecule has 23 heavy (non-hydrogen) atoms. The largest absolute Gasteiger partial charge is 0.480 e. The van der Waals surface area contributed by atoms with Gasteiger partial charge in [-0.25, -0.2) is 0 Å². The van der Waals surface area contributed by atoms with Gasteiger partial charge in [-0.15, -0.1) is 0 Å². The molecule has 1 aliphatic carbocycles. The first-order chi connectivity index (χ1) is 11.0. The first kappa shape index (κ1) is 18.2. The number of rotatable bonds is 7. The predicted octanol–water partition coefficient (Wildman–Crippen LogP) is 1.30. The maximum absolute atomic E-state index is 12.4. The van der Waals surface area contributed by atoms with Gasteiger partial charge in [0.25, 0.3) is 0 Å². The van der Waals surface area contributed by atoms with E-state index in [4.69, 9.17) is 5.11 Å². The lowest BCUT2D eigenvalue weighted by Gasteiger charge is -2.43. The lowest BCUT2D eigenvalue weighted by molar-refractivity contribution is -0.140. The molecule has 0 aromatic carbocycles. The number of likely N-dealkylation sites (tertiary alicyclic amines) is 1. The smallest absolute Gasteiger partial charge is 0.317 e. The van der Waals surface area contributed by atoms with Gasteiger partial charge in [-0.2, -0.15) is 0 Å². The van der Waals surface area contributed by atoms with Crippen LogP contribution in [0.1, 0.15) is 52.4 Å². The second-order valence-corrected chi connectivity index (χ2v) is 6.91. The van der Waals surface area contributed by atoms with Gasteiger partial charge >= 0.3 is 5.97 Å². The minimum absolute atomic E-state index is 0.0616. The van der Waals surface area contributed by atoms with Crippen LogP contribution in [0.25, 0.3) is 0 Å². The van der Waals surface area contributed by atoms with Crippen LogP contribution in [0.5, 0.6) is 0 Å². The summed E-state index contributed by atoms with van der Waals surface area (Å²) < 4.78 is 0. The molecule has 2 rings (SSSR count). The Morgan fingerprint density at radius 3 is 2.35 bits per heavy atom. The Hall–Kier alpha value is -1.14. The van der Waals surface area contributed by atoms with Gasteiger partial charge in [0.1, 0.15) is 0 Å². The van der Waals surface area contributed by atoms with Crippen molar-refractivity contribution in [2.24, 2.45) is 0 Å². The molecule has 1 heterocycles. The average Bonchev–Trinajstić information content (AvgIpc) is 2.76. The van der Waals surface area contributed by atoms with E-state index in [1.54, 1.807) is 0 Å². The standard InChI is InChI=1S/C17H31N3O3/c1-3-19(12-16(21)22)15-10-14(11-15)18-17(23)13(2)20-8-6-4-5-7-9-20/h13-15H,3-12H2,1-2H3,(H,18,23)(H,21,22). The van der Waals surface area contributed by atoms with Gasteiger partial charge in [0.2, 0.25) is 5.91 Å². The first-order valence-corrected chi connectivity index (χ1v) is 9.01. The summed E-state index contributed by atoms with van der Waals surface area (Å²) in [5, 5.41) is 12.1. The van der Waals surface area contributed by atoms with Crippen LogP contribution in [-0.2, 0) is 9.59 Å². The third kappa shape index (κ3) is 5.18. The molecule has 132 valence electrons. The van der Waals surface area contributed by atoms with Crippen molar-refractivity contribution in [3.05, 3.63) is 0 Å². The van der Waals surface area contributed by atoms with E-state index in [0.717, 1.165) is 32.5 Å². The topological polar surface area (TPSA) is 72.9 Å². The van der Waals surface area contributed by atoms with Gasteiger partial charge < -0.3 is 10.4 Å². The molecule has 1 amide bonds. The number of nitrogens with one attached hydrogen (secondary N) is 1. The molecule has 0 aromatic rings. The van der Waals surface area contributed by atoms with Gasteiger partial charge in [0.15, 0.2) is 0 Å². The van der Waals surface area contributed by atoms with Crippen LogP contribution in [0.15, 0.2) is 0 Å². The lowest BCUT2D eigenvalue weighted by atomic mass is 9.85. The van der Waals surface area contributed by atoms with Crippen molar-refractivity contribution in [1.29, 1.82) is 0 Å². The zero-order valence-corrected chi connectivity index (χ0v) is 14.5. The monoisotopic (exact) mass is 325 g/mol. The Morgan fingerprint density at radius 2 is 1.83 bits per heavy atom. The van der Waals surface area contributed by atoms with E-state index in [9.17, 15) is 9.59 Å². The molecule has 0 aromatic heterocycles. The van der Waals surface area contributed by atoms with Crippen LogP contribution in [-0.4, -0.2) is 71.1 Å². The zero-order chi connectivity index (χ0) is 16.8. The number of carbonyl (C=O) groups is 2. The van der Waals surface area contributed by atoms with Crippen LogP contribution in [0.4, 0.5) is 0 Å². The molecule has 0 bridgehead atoms. The molecule has 1 saturated carbocycles. The highest BCUT2D eigenvalue weighted by molar-refractivity contribution is 5.81. The lowest BCUT2D eigenvalue weighted by Crippen LogP contribution is -2.57. The van der Waals surface area contributed by atoms with Crippen molar-refractivity contribution in [3.8, 4) is 0 Å². The van der Waals surface area contributed by atoms with Crippen molar-refractivity contribution in [3.63, 3.8) is 0 Å². The average molecular weight is 325 g/mol. The fourth-order valence-corrected chi connectivity index (χ4v) is 3.65. The molecule has 2 fully saturated rings. The molecule has 2 N–H and O–H groups in total. The molecule has 1 atom stereocenters. The highest BCUT2D eigenvalue weighted by Crippen LogP contribution is 2.26. The van der Waals surface area contributed by atoms with Gasteiger partial charge in [0.05, 0.1) is 12.6 Å². The maximum atomic E-state index is 12.4. The zero-order valence-electron chi connectivity index (χ0n) is 14.5. The summed E-state index contributed by atoms with van der Waals surface area (Å²) >= 11 is 0. The van der Waals surface area contributed by atoms with Crippen LogP contribution < -0.4 is 5.32 Å². The Kier molecular flexibility index (Phi) is 6.84. The maximum Gasteiger partial charge on any atom is 0.317 e. The van der Waals surface area contributed by atoms with E-state index in [1.807, 2.05) is 18.7 Å². The number of amides is 1. The van der Waals surface area contributed by atoms with E-state index in [1.165, 1.54) is 25.7 Å². The van der Waals surface area contributed by atoms with Crippen molar-refractivity contribution >= 4 is 11.9 Å². The highest BCUT2D eigenvalue weighted by atomic mass is 16.4. The molecule has 1 saturated heterocycles. The summed E-state index contributed by atoms with van der Waals surface area (Å²) in [6.07, 6.45) is 6.63. The summed E-state index contributed by atoms with van der Waals surface area (Å²) in [6.45, 7) is 6.85. The second kappa shape index (κ2) is 8.64. The molecular weight excluding hydrogens is 294 g/mol. The highest BCUT2D eigenvalue weighted by Gasteiger charge is 2.35. The number of carboxylic acids is 1. The fraction of sp³-hybridized carbons (Fsp3) is 0.882. The summed E-state index contributed by atoms with van der Waals surface area (Å²) in [5.41, 5.74) is 0. The van der Waals surface area contributed by atoms with Gasteiger partial charge in [-0.05, 0) is 52.2 Å². The van der Waals surface area contributed by atoms with Crippen LogP contribution >= 0.6 is 0 Å². The Balaban J connectivity index is 1.73. The normalized spacial score (nSPS) is 27.1. The van der Waals surface area contributed by atoms with Gasteiger partial charge in [-0.1, -0.05) is 19.8 Å². The molecule has 1 unspecified atom stereocenters. The van der Waals surface area contributed by atoms with Crippen molar-refractivity contribution in [1.82, 2.24) is 15.1 Å². The van der Waals surface area contributed by atoms with Crippen molar-refractivity contribution < 1.29 is 14.7 Å². The SMILES string of the molecule is CCN(CC(=O)O)C1CC(NC(=O)C(C)N2CCCCCC2)C1. The number of hydrogen-bond donors (Lipinski definition) is 2. The van der Waals surface area contributed by atoms with E-state index in [0.29, 0.717) is 0 Å². The Bertz CT molecular complexity index is 402. The number of nitrogens with zero attached hydrogens (tertiary/aromatic N) is 2. The molecular formula is C17H31N3O3. The summed E-state index contributed by atoms with van der Waals surface area (Å²) in [7, 11) is 0.